The lowest BCUT2D eigenvalue weighted by Gasteiger charge is -2.11. The van der Waals surface area contributed by atoms with Gasteiger partial charge in [0.25, 0.3) is 5.91 Å². The molecule has 0 saturated heterocycles. The molecule has 4 aromatic carbocycles. The Balaban J connectivity index is 0.000000282. The number of rotatable bonds is 6. The summed E-state index contributed by atoms with van der Waals surface area (Å²) in [6.45, 7) is -0.226. The molecule has 0 aliphatic carbocycles. The molecular weight excluding hydrogens is 565 g/mol. The first-order valence-corrected chi connectivity index (χ1v) is 12.8. The first-order chi connectivity index (χ1) is 19.8. The normalized spacial score (nSPS) is 10.5. The van der Waals surface area contributed by atoms with Gasteiger partial charge in [-0.2, -0.15) is 5.26 Å². The Morgan fingerprint density at radius 1 is 0.854 bits per heavy atom. The number of amides is 1. The summed E-state index contributed by atoms with van der Waals surface area (Å²) in [5.41, 5.74) is 10.8. The van der Waals surface area contributed by atoms with Crippen LogP contribution < -0.4 is 20.5 Å². The van der Waals surface area contributed by atoms with Crippen molar-refractivity contribution in [1.29, 1.82) is 5.26 Å². The smallest absolute Gasteiger partial charge is 0.262 e. The maximum atomic E-state index is 12.3. The summed E-state index contributed by atoms with van der Waals surface area (Å²) < 4.78 is 11.3. The number of aromatic amines is 2. The molecule has 0 radical (unpaired) electrons. The van der Waals surface area contributed by atoms with E-state index in [1.807, 2.05) is 24.3 Å². The number of fused-ring (bicyclic) bond motifs is 2. The van der Waals surface area contributed by atoms with Gasteiger partial charge >= 0.3 is 0 Å². The molecule has 41 heavy (non-hydrogen) atoms. The van der Waals surface area contributed by atoms with Crippen LogP contribution in [0.2, 0.25) is 10.0 Å². The van der Waals surface area contributed by atoms with Gasteiger partial charge in [-0.25, -0.2) is 9.97 Å². The fraction of sp³-hybridized carbons (Fsp3) is 0.0345. The van der Waals surface area contributed by atoms with Crippen molar-refractivity contribution in [1.82, 2.24) is 19.9 Å². The van der Waals surface area contributed by atoms with Gasteiger partial charge in [-0.3, -0.25) is 4.79 Å². The minimum absolute atomic E-state index is 0.226. The molecule has 1 amide bonds. The van der Waals surface area contributed by atoms with E-state index in [0.717, 1.165) is 27.8 Å². The zero-order valence-corrected chi connectivity index (χ0v) is 22.7. The molecule has 6 aromatic rings. The van der Waals surface area contributed by atoms with E-state index >= 15 is 0 Å². The number of carbonyl (C=O) groups excluding carboxylic acids is 1. The number of nitrogens with one attached hydrogen (secondary N) is 3. The van der Waals surface area contributed by atoms with Crippen LogP contribution in [0.25, 0.3) is 22.1 Å². The quantitative estimate of drug-likeness (QED) is 0.158. The number of benzene rings is 4. The van der Waals surface area contributed by atoms with Crippen molar-refractivity contribution in [2.75, 3.05) is 17.7 Å². The van der Waals surface area contributed by atoms with Crippen LogP contribution in [0.3, 0.4) is 0 Å². The number of hydrogen-bond acceptors (Lipinski definition) is 7. The number of anilines is 2. The number of nitrogen functional groups attached to an aromatic ring is 1. The van der Waals surface area contributed by atoms with Crippen LogP contribution in [-0.2, 0) is 4.79 Å². The van der Waals surface area contributed by atoms with Crippen molar-refractivity contribution in [2.45, 2.75) is 0 Å². The highest BCUT2D eigenvalue weighted by Crippen LogP contribution is 2.31. The summed E-state index contributed by atoms with van der Waals surface area (Å²) in [6.07, 6.45) is 3.24. The number of carbonyl (C=O) groups is 1. The molecule has 0 spiro atoms. The predicted molar refractivity (Wildman–Crippen MR) is 158 cm³/mol. The second-order valence-electron chi connectivity index (χ2n) is 8.66. The zero-order chi connectivity index (χ0) is 28.8. The van der Waals surface area contributed by atoms with E-state index in [-0.39, 0.29) is 12.5 Å². The lowest BCUT2D eigenvalue weighted by atomic mass is 10.2. The molecule has 0 saturated carbocycles. The molecule has 0 unspecified atom stereocenters. The first-order valence-electron chi connectivity index (χ1n) is 12.1. The molecule has 2 aromatic heterocycles. The van der Waals surface area contributed by atoms with Gasteiger partial charge < -0.3 is 30.5 Å². The van der Waals surface area contributed by atoms with Gasteiger partial charge in [0.05, 0.1) is 46.4 Å². The van der Waals surface area contributed by atoms with Gasteiger partial charge in [0.1, 0.15) is 17.2 Å². The zero-order valence-electron chi connectivity index (χ0n) is 21.2. The predicted octanol–water partition coefficient (Wildman–Crippen LogP) is 6.70. The van der Waals surface area contributed by atoms with Gasteiger partial charge in [-0.15, -0.1) is 0 Å². The third-order valence-electron chi connectivity index (χ3n) is 5.60. The average Bonchev–Trinajstić information content (AvgIpc) is 3.60. The van der Waals surface area contributed by atoms with Crippen molar-refractivity contribution in [2.24, 2.45) is 0 Å². The van der Waals surface area contributed by atoms with Crippen LogP contribution in [0.1, 0.15) is 5.56 Å². The fourth-order valence-corrected chi connectivity index (χ4v) is 4.25. The van der Waals surface area contributed by atoms with Crippen molar-refractivity contribution < 1.29 is 14.3 Å². The summed E-state index contributed by atoms with van der Waals surface area (Å²) in [4.78, 5) is 26.4. The Bertz CT molecular complexity index is 1900. The lowest BCUT2D eigenvalue weighted by Crippen LogP contribution is -2.20. The summed E-state index contributed by atoms with van der Waals surface area (Å²) in [5.74, 6) is 0.766. The Hall–Kier alpha value is -5.24. The topological polar surface area (TPSA) is 155 Å². The molecule has 5 N–H and O–H groups in total. The summed E-state index contributed by atoms with van der Waals surface area (Å²) in [5, 5.41) is 12.6. The van der Waals surface area contributed by atoms with Crippen LogP contribution in [0.15, 0.2) is 85.5 Å². The Labute approximate surface area is 243 Å². The molecule has 10 nitrogen and oxygen atoms in total. The summed E-state index contributed by atoms with van der Waals surface area (Å²) in [7, 11) is 0. The molecule has 0 bridgehead atoms. The number of nitriles is 1. The van der Waals surface area contributed by atoms with E-state index in [1.165, 1.54) is 6.07 Å². The largest absolute Gasteiger partial charge is 0.484 e. The van der Waals surface area contributed by atoms with Gasteiger partial charge in [0.2, 0.25) is 0 Å². The minimum Gasteiger partial charge on any atom is -0.484 e. The van der Waals surface area contributed by atoms with Gasteiger partial charge in [-0.1, -0.05) is 23.2 Å². The second-order valence-corrected chi connectivity index (χ2v) is 9.54. The number of nitrogens with two attached hydrogens (primary N) is 1. The van der Waals surface area contributed by atoms with E-state index in [1.54, 1.807) is 61.2 Å². The van der Waals surface area contributed by atoms with Gasteiger partial charge in [0.15, 0.2) is 6.61 Å². The maximum absolute atomic E-state index is 12.3. The average molecular weight is 586 g/mol. The molecule has 12 heteroatoms. The summed E-state index contributed by atoms with van der Waals surface area (Å²) in [6, 6.07) is 22.3. The molecule has 0 atom stereocenters. The SMILES string of the molecule is N#Cc1cc(Cl)cc(Oc2cc(Cl)cc(OCC(=O)Nc3ccc4nc[nH]c4c3)c2)c1.Nc1ccc2nc[nH]c2c1. The number of ether oxygens (including phenoxy) is 2. The van der Waals surface area contributed by atoms with E-state index in [4.69, 9.17) is 43.7 Å². The molecule has 0 aliphatic heterocycles. The number of aromatic nitrogens is 4. The van der Waals surface area contributed by atoms with Crippen molar-refractivity contribution in [3.63, 3.8) is 0 Å². The number of hydrogen-bond donors (Lipinski definition) is 4. The van der Waals surface area contributed by atoms with Crippen molar-refractivity contribution in [3.8, 4) is 23.3 Å². The second kappa shape index (κ2) is 12.3. The highest BCUT2D eigenvalue weighted by Gasteiger charge is 2.09. The molecule has 0 fully saturated rings. The molecule has 6 rings (SSSR count). The van der Waals surface area contributed by atoms with Crippen LogP contribution in [-0.4, -0.2) is 32.4 Å². The maximum Gasteiger partial charge on any atom is 0.262 e. The highest BCUT2D eigenvalue weighted by atomic mass is 35.5. The third kappa shape index (κ3) is 7.24. The number of H-pyrrole nitrogens is 2. The summed E-state index contributed by atoms with van der Waals surface area (Å²) >= 11 is 12.2. The molecule has 204 valence electrons. The molecule has 2 heterocycles. The highest BCUT2D eigenvalue weighted by molar-refractivity contribution is 6.31. The minimum atomic E-state index is -0.338. The van der Waals surface area contributed by atoms with Gasteiger partial charge in [-0.05, 0) is 66.7 Å². The standard InChI is InChI=1S/C22H14Cl2N4O3.C7H7N3/c23-14-3-13(10-25)4-18(6-14)31-19-7-15(24)5-17(9-19)30-11-22(29)28-16-1-2-20-21(8-16)27-12-26-20;8-5-1-2-6-7(3-5)10-4-9-6/h1-9,12H,11H2,(H,26,27)(H,28,29);1-4H,8H2,(H,9,10). The lowest BCUT2D eigenvalue weighted by molar-refractivity contribution is -0.118. The number of imidazole rings is 2. The monoisotopic (exact) mass is 585 g/mol. The van der Waals surface area contributed by atoms with Crippen molar-refractivity contribution in [3.05, 3.63) is 101 Å². The van der Waals surface area contributed by atoms with E-state index < -0.39 is 0 Å². The van der Waals surface area contributed by atoms with Crippen molar-refractivity contribution >= 4 is 62.6 Å². The van der Waals surface area contributed by atoms with Crippen LogP contribution in [0.4, 0.5) is 11.4 Å². The first kappa shape index (κ1) is 27.3. The van der Waals surface area contributed by atoms with E-state index in [2.05, 4.69) is 25.3 Å². The van der Waals surface area contributed by atoms with Crippen LogP contribution in [0.5, 0.6) is 17.2 Å². The van der Waals surface area contributed by atoms with E-state index in [0.29, 0.717) is 38.5 Å². The number of nitrogens with zero attached hydrogens (tertiary/aromatic N) is 3. The van der Waals surface area contributed by atoms with Crippen LogP contribution >= 0.6 is 23.2 Å². The number of halogens is 2. The fourth-order valence-electron chi connectivity index (χ4n) is 3.81. The third-order valence-corrected chi connectivity index (χ3v) is 6.04. The Morgan fingerprint density at radius 2 is 1.49 bits per heavy atom. The molecule has 0 aliphatic rings. The van der Waals surface area contributed by atoms with E-state index in [9.17, 15) is 4.79 Å². The van der Waals surface area contributed by atoms with Crippen LogP contribution in [0, 0.1) is 11.3 Å². The molecular formula is C29H21Cl2N7O3. The Kier molecular flexibility index (Phi) is 8.20. The Morgan fingerprint density at radius 3 is 2.22 bits per heavy atom. The van der Waals surface area contributed by atoms with Gasteiger partial charge in [0, 0.05) is 27.5 Å².